The van der Waals surface area contributed by atoms with Gasteiger partial charge in [0.2, 0.25) is 0 Å². The van der Waals surface area contributed by atoms with E-state index in [0.717, 1.165) is 41.3 Å². The van der Waals surface area contributed by atoms with Gasteiger partial charge in [-0.3, -0.25) is 10.1 Å². The van der Waals surface area contributed by atoms with Crippen LogP contribution >= 0.6 is 0 Å². The third-order valence-corrected chi connectivity index (χ3v) is 4.11. The second-order valence-electron chi connectivity index (χ2n) is 5.43. The molecular weight excluding hydrogens is 300 g/mol. The number of carbonyl (C=O) groups excluding carboxylic acids is 2. The Labute approximate surface area is 135 Å². The quantitative estimate of drug-likeness (QED) is 0.815. The van der Waals surface area contributed by atoms with Gasteiger partial charge in [0, 0.05) is 18.9 Å². The van der Waals surface area contributed by atoms with Crippen molar-refractivity contribution in [1.29, 1.82) is 0 Å². The smallest absolute Gasteiger partial charge is 0.413 e. The maximum Gasteiger partial charge on any atom is 0.413 e. The molecule has 1 aromatic rings. The van der Waals surface area contributed by atoms with Crippen molar-refractivity contribution in [1.82, 2.24) is 5.32 Å². The SMILES string of the molecule is COC(=O)NC(=O)C[NH+]1CCC[C@H]1c1ccc(OC)cc1OC. The zero-order valence-electron chi connectivity index (χ0n) is 13.7. The molecule has 1 aliphatic rings. The summed E-state index contributed by atoms with van der Waals surface area (Å²) >= 11 is 0. The Bertz CT molecular complexity index is 576. The summed E-state index contributed by atoms with van der Waals surface area (Å²) in [5.41, 5.74) is 1.05. The third kappa shape index (κ3) is 4.13. The van der Waals surface area contributed by atoms with Crippen LogP contribution in [-0.2, 0) is 9.53 Å². The zero-order valence-corrected chi connectivity index (χ0v) is 13.7. The molecule has 2 N–H and O–H groups in total. The van der Waals surface area contributed by atoms with Crippen molar-refractivity contribution in [3.05, 3.63) is 23.8 Å². The lowest BCUT2D eigenvalue weighted by Gasteiger charge is -2.23. The molecule has 126 valence electrons. The van der Waals surface area contributed by atoms with Crippen molar-refractivity contribution >= 4 is 12.0 Å². The summed E-state index contributed by atoms with van der Waals surface area (Å²) in [6.45, 7) is 1.09. The fourth-order valence-electron chi connectivity index (χ4n) is 3.02. The van der Waals surface area contributed by atoms with Gasteiger partial charge in [-0.1, -0.05) is 0 Å². The summed E-state index contributed by atoms with van der Waals surface area (Å²) in [5, 5.41) is 2.20. The van der Waals surface area contributed by atoms with Crippen LogP contribution in [0.15, 0.2) is 18.2 Å². The summed E-state index contributed by atoms with van der Waals surface area (Å²) in [6.07, 6.45) is 1.25. The second kappa shape index (κ2) is 7.82. The third-order valence-electron chi connectivity index (χ3n) is 4.11. The van der Waals surface area contributed by atoms with Crippen LogP contribution in [0.2, 0.25) is 0 Å². The molecule has 0 aromatic heterocycles. The van der Waals surface area contributed by atoms with Crippen LogP contribution in [0.25, 0.3) is 0 Å². The van der Waals surface area contributed by atoms with Crippen LogP contribution < -0.4 is 19.7 Å². The van der Waals surface area contributed by atoms with Gasteiger partial charge >= 0.3 is 6.09 Å². The molecule has 1 aliphatic heterocycles. The first-order chi connectivity index (χ1) is 11.1. The Morgan fingerprint density at radius 1 is 1.26 bits per heavy atom. The molecule has 0 bridgehead atoms. The van der Waals surface area contributed by atoms with Crippen LogP contribution in [0.1, 0.15) is 24.4 Å². The highest BCUT2D eigenvalue weighted by molar-refractivity contribution is 5.92. The van der Waals surface area contributed by atoms with Gasteiger partial charge in [-0.25, -0.2) is 4.79 Å². The maximum absolute atomic E-state index is 11.9. The minimum atomic E-state index is -0.729. The minimum absolute atomic E-state index is 0.152. The lowest BCUT2D eigenvalue weighted by Crippen LogP contribution is -3.11. The van der Waals surface area contributed by atoms with Crippen molar-refractivity contribution in [2.45, 2.75) is 18.9 Å². The van der Waals surface area contributed by atoms with Gasteiger partial charge in [0.1, 0.15) is 17.5 Å². The maximum atomic E-state index is 11.9. The van der Waals surface area contributed by atoms with Crippen LogP contribution in [0.5, 0.6) is 11.5 Å². The molecule has 0 saturated carbocycles. The van der Waals surface area contributed by atoms with E-state index >= 15 is 0 Å². The number of quaternary nitrogens is 1. The number of rotatable bonds is 5. The van der Waals surface area contributed by atoms with Crippen molar-refractivity contribution in [2.75, 3.05) is 34.4 Å². The average molecular weight is 323 g/mol. The van der Waals surface area contributed by atoms with E-state index in [2.05, 4.69) is 10.1 Å². The average Bonchev–Trinajstić information content (AvgIpc) is 3.01. The normalized spacial score (nSPS) is 20.0. The molecule has 2 rings (SSSR count). The summed E-state index contributed by atoms with van der Waals surface area (Å²) in [5.74, 6) is 1.14. The van der Waals surface area contributed by atoms with Crippen molar-refractivity contribution in [2.24, 2.45) is 0 Å². The first-order valence-corrected chi connectivity index (χ1v) is 7.53. The van der Waals surface area contributed by atoms with Crippen molar-refractivity contribution in [3.8, 4) is 11.5 Å². The number of methoxy groups -OCH3 is 3. The van der Waals surface area contributed by atoms with Gasteiger partial charge in [-0.05, 0) is 12.1 Å². The molecule has 1 fully saturated rings. The fourth-order valence-corrected chi connectivity index (χ4v) is 3.02. The number of amides is 2. The molecule has 7 heteroatoms. The highest BCUT2D eigenvalue weighted by Gasteiger charge is 2.34. The number of carbonyl (C=O) groups is 2. The van der Waals surface area contributed by atoms with Gasteiger partial charge in [0.25, 0.3) is 5.91 Å². The number of likely N-dealkylation sites (tertiary alicyclic amines) is 1. The van der Waals surface area contributed by atoms with E-state index in [1.807, 2.05) is 18.2 Å². The number of alkyl carbamates (subject to hydrolysis) is 1. The standard InChI is InChI=1S/C16H22N2O5/c1-21-11-6-7-12(14(9-11)22-2)13-5-4-8-18(13)10-15(19)17-16(20)23-3/h6-7,9,13H,4-5,8,10H2,1-3H3,(H,17,19,20)/p+1/t13-/m0/s1. The predicted octanol–water partition coefficient (Wildman–Crippen LogP) is 0.306. The Balaban J connectivity index is 2.12. The predicted molar refractivity (Wildman–Crippen MR) is 82.8 cm³/mol. The summed E-state index contributed by atoms with van der Waals surface area (Å²) < 4.78 is 15.1. The van der Waals surface area contributed by atoms with Crippen LogP contribution in [-0.4, -0.2) is 46.4 Å². The number of hydrogen-bond donors (Lipinski definition) is 2. The number of imide groups is 1. The van der Waals surface area contributed by atoms with Gasteiger partial charge in [-0.15, -0.1) is 0 Å². The Morgan fingerprint density at radius 2 is 2.04 bits per heavy atom. The largest absolute Gasteiger partial charge is 0.497 e. The molecule has 0 radical (unpaired) electrons. The summed E-state index contributed by atoms with van der Waals surface area (Å²) in [4.78, 5) is 24.1. The molecule has 1 heterocycles. The highest BCUT2D eigenvalue weighted by atomic mass is 16.5. The topological polar surface area (TPSA) is 78.3 Å². The summed E-state index contributed by atoms with van der Waals surface area (Å²) in [6, 6.07) is 5.87. The Morgan fingerprint density at radius 3 is 2.70 bits per heavy atom. The van der Waals surface area contributed by atoms with Crippen LogP contribution in [0.4, 0.5) is 4.79 Å². The lowest BCUT2D eigenvalue weighted by atomic mass is 10.0. The molecule has 0 aliphatic carbocycles. The first kappa shape index (κ1) is 17.1. The Kier molecular flexibility index (Phi) is 5.81. The zero-order chi connectivity index (χ0) is 16.8. The van der Waals surface area contributed by atoms with E-state index in [1.165, 1.54) is 7.11 Å². The fraction of sp³-hybridized carbons (Fsp3) is 0.500. The van der Waals surface area contributed by atoms with Gasteiger partial charge in [0.05, 0.1) is 33.4 Å². The van der Waals surface area contributed by atoms with Gasteiger partial charge < -0.3 is 19.1 Å². The molecule has 7 nitrogen and oxygen atoms in total. The van der Waals surface area contributed by atoms with Gasteiger partial charge in [0.15, 0.2) is 6.54 Å². The van der Waals surface area contributed by atoms with E-state index in [4.69, 9.17) is 9.47 Å². The van der Waals surface area contributed by atoms with Crippen LogP contribution in [0, 0.1) is 0 Å². The summed E-state index contributed by atoms with van der Waals surface area (Å²) in [7, 11) is 4.46. The molecule has 1 unspecified atom stereocenters. The number of benzene rings is 1. The monoisotopic (exact) mass is 323 g/mol. The van der Waals surface area contributed by atoms with E-state index < -0.39 is 6.09 Å². The van der Waals surface area contributed by atoms with E-state index in [1.54, 1.807) is 14.2 Å². The highest BCUT2D eigenvalue weighted by Crippen LogP contribution is 2.31. The second-order valence-corrected chi connectivity index (χ2v) is 5.43. The minimum Gasteiger partial charge on any atom is -0.497 e. The lowest BCUT2D eigenvalue weighted by molar-refractivity contribution is -0.910. The molecular formula is C16H23N2O5+. The van der Waals surface area contributed by atoms with E-state index in [-0.39, 0.29) is 18.5 Å². The van der Waals surface area contributed by atoms with Crippen molar-refractivity contribution in [3.63, 3.8) is 0 Å². The molecule has 1 aromatic carbocycles. The first-order valence-electron chi connectivity index (χ1n) is 7.53. The van der Waals surface area contributed by atoms with Crippen LogP contribution in [0.3, 0.4) is 0 Å². The number of hydrogen-bond acceptors (Lipinski definition) is 5. The molecule has 2 atom stereocenters. The van der Waals surface area contributed by atoms with Gasteiger partial charge in [-0.2, -0.15) is 0 Å². The van der Waals surface area contributed by atoms with Crippen molar-refractivity contribution < 1.29 is 28.7 Å². The molecule has 2 amide bonds. The molecule has 23 heavy (non-hydrogen) atoms. The molecule has 1 saturated heterocycles. The van der Waals surface area contributed by atoms with E-state index in [9.17, 15) is 9.59 Å². The molecule has 0 spiro atoms. The Hall–Kier alpha value is -2.28. The number of nitrogens with one attached hydrogen (secondary N) is 2. The van der Waals surface area contributed by atoms with E-state index in [0.29, 0.717) is 0 Å². The number of ether oxygens (including phenoxy) is 3.